The number of methoxy groups -OCH3 is 1. The van der Waals surface area contributed by atoms with Crippen molar-refractivity contribution in [3.63, 3.8) is 0 Å². The maximum absolute atomic E-state index is 13.1. The van der Waals surface area contributed by atoms with Crippen LogP contribution in [0.15, 0.2) is 54.6 Å². The largest absolute Gasteiger partial charge is 0.497 e. The van der Waals surface area contributed by atoms with E-state index in [0.717, 1.165) is 43.8 Å². The summed E-state index contributed by atoms with van der Waals surface area (Å²) >= 11 is 0. The van der Waals surface area contributed by atoms with Crippen molar-refractivity contribution in [2.75, 3.05) is 26.7 Å². The van der Waals surface area contributed by atoms with Gasteiger partial charge >= 0.3 is 0 Å². The Kier molecular flexibility index (Phi) is 6.16. The van der Waals surface area contributed by atoms with Crippen molar-refractivity contribution < 1.29 is 19.0 Å². The number of fused-ring (bicyclic) bond motifs is 1. The Hall–Kier alpha value is -2.37. The number of likely N-dealkylation sites (tertiary alicyclic amines) is 1. The Labute approximate surface area is 171 Å². The minimum Gasteiger partial charge on any atom is -0.497 e. The first-order valence-corrected chi connectivity index (χ1v) is 10.2. The van der Waals surface area contributed by atoms with E-state index in [4.69, 9.17) is 9.47 Å². The van der Waals surface area contributed by atoms with Crippen LogP contribution < -0.4 is 9.47 Å². The molecule has 4 rings (SSSR count). The zero-order valence-electron chi connectivity index (χ0n) is 16.7. The monoisotopic (exact) mass is 397 g/mol. The number of halogens is 1. The van der Waals surface area contributed by atoms with Gasteiger partial charge in [-0.15, -0.1) is 0 Å². The molecule has 1 saturated heterocycles. The summed E-state index contributed by atoms with van der Waals surface area (Å²) in [5, 5.41) is 10.5. The van der Waals surface area contributed by atoms with Gasteiger partial charge in [-0.2, -0.15) is 0 Å². The molecule has 0 radical (unpaired) electrons. The highest BCUT2D eigenvalue weighted by Gasteiger charge is 2.42. The predicted molar refractivity (Wildman–Crippen MR) is 112 cm³/mol. The minimum absolute atomic E-state index is 0.225. The Bertz CT molecular complexity index is 821. The van der Waals surface area contributed by atoms with Crippen LogP contribution in [0.25, 0.3) is 6.08 Å². The van der Waals surface area contributed by atoms with Crippen LogP contribution in [0.5, 0.6) is 11.5 Å². The van der Waals surface area contributed by atoms with E-state index in [1.165, 1.54) is 12.1 Å². The molecule has 29 heavy (non-hydrogen) atoms. The second kappa shape index (κ2) is 8.97. The first-order chi connectivity index (χ1) is 14.1. The fourth-order valence-electron chi connectivity index (χ4n) is 4.50. The molecule has 1 aliphatic heterocycles. The lowest BCUT2D eigenvalue weighted by atomic mass is 9.78. The summed E-state index contributed by atoms with van der Waals surface area (Å²) in [6.07, 6.45) is 5.23. The number of aliphatic hydroxyl groups is 1. The number of hydrogen-bond acceptors (Lipinski definition) is 4. The predicted octanol–water partition coefficient (Wildman–Crippen LogP) is 4.00. The van der Waals surface area contributed by atoms with Crippen molar-refractivity contribution in [1.82, 2.24) is 4.90 Å². The normalized spacial score (nSPS) is 27.1. The van der Waals surface area contributed by atoms with Gasteiger partial charge in [0, 0.05) is 19.6 Å². The Morgan fingerprint density at radius 1 is 1.00 bits per heavy atom. The Morgan fingerprint density at radius 3 is 2.34 bits per heavy atom. The van der Waals surface area contributed by atoms with E-state index in [0.29, 0.717) is 17.6 Å². The smallest absolute Gasteiger partial charge is 0.125 e. The maximum atomic E-state index is 13.1. The van der Waals surface area contributed by atoms with Gasteiger partial charge in [-0.3, -0.25) is 4.90 Å². The number of ether oxygens (including phenoxy) is 2. The molecule has 1 aliphatic carbocycles. The third kappa shape index (κ3) is 4.98. The summed E-state index contributed by atoms with van der Waals surface area (Å²) in [5.41, 5.74) is 1.16. The molecule has 154 valence electrons. The number of aliphatic hydroxyl groups excluding tert-OH is 1. The molecule has 0 amide bonds. The fourth-order valence-corrected chi connectivity index (χ4v) is 4.50. The van der Waals surface area contributed by atoms with E-state index < -0.39 is 6.10 Å². The quantitative estimate of drug-likeness (QED) is 0.800. The number of benzene rings is 2. The van der Waals surface area contributed by atoms with Crippen molar-refractivity contribution in [2.24, 2.45) is 11.8 Å². The van der Waals surface area contributed by atoms with E-state index in [-0.39, 0.29) is 11.9 Å². The zero-order valence-corrected chi connectivity index (χ0v) is 16.7. The second-order valence-electron chi connectivity index (χ2n) is 8.06. The molecule has 1 saturated carbocycles. The summed E-state index contributed by atoms with van der Waals surface area (Å²) in [6, 6.07) is 14.1. The van der Waals surface area contributed by atoms with E-state index in [1.807, 2.05) is 24.3 Å². The SMILES string of the molecule is COc1ccc(/C=C/CN2C[C@H]3C[C@@H](Oc4ccc(F)cc4)[C@H](O)C[C@H]3C2)cc1. The van der Waals surface area contributed by atoms with Crippen molar-refractivity contribution in [3.8, 4) is 11.5 Å². The lowest BCUT2D eigenvalue weighted by Gasteiger charge is -2.35. The third-order valence-corrected chi connectivity index (χ3v) is 6.05. The topological polar surface area (TPSA) is 41.9 Å². The van der Waals surface area contributed by atoms with Gasteiger partial charge in [-0.25, -0.2) is 4.39 Å². The molecule has 0 bridgehead atoms. The first-order valence-electron chi connectivity index (χ1n) is 10.2. The zero-order chi connectivity index (χ0) is 20.2. The standard InChI is InChI=1S/C24H28FNO3/c1-28-21-8-4-17(5-9-21)3-2-12-26-15-18-13-23(27)24(14-19(18)16-26)29-22-10-6-20(25)7-11-22/h2-11,18-19,23-24,27H,12-16H2,1H3/b3-2+/t18-,19+,23+,24+/m0/s1. The van der Waals surface area contributed by atoms with Crippen LogP contribution in [0.4, 0.5) is 4.39 Å². The molecular weight excluding hydrogens is 369 g/mol. The van der Waals surface area contributed by atoms with Gasteiger partial charge in [0.25, 0.3) is 0 Å². The van der Waals surface area contributed by atoms with Crippen LogP contribution in [-0.2, 0) is 0 Å². The van der Waals surface area contributed by atoms with Crippen LogP contribution in [0.1, 0.15) is 18.4 Å². The van der Waals surface area contributed by atoms with Gasteiger partial charge in [0.05, 0.1) is 13.2 Å². The molecule has 1 heterocycles. The van der Waals surface area contributed by atoms with Crippen molar-refractivity contribution in [3.05, 3.63) is 66.0 Å². The first kappa shape index (κ1) is 19.9. The van der Waals surface area contributed by atoms with E-state index >= 15 is 0 Å². The molecule has 1 N–H and O–H groups in total. The van der Waals surface area contributed by atoms with Crippen LogP contribution in [-0.4, -0.2) is 49.0 Å². The number of rotatable bonds is 6. The molecule has 2 aromatic carbocycles. The van der Waals surface area contributed by atoms with Crippen LogP contribution in [0.3, 0.4) is 0 Å². The number of hydrogen-bond donors (Lipinski definition) is 1. The molecule has 0 spiro atoms. The van der Waals surface area contributed by atoms with Crippen molar-refractivity contribution in [1.29, 1.82) is 0 Å². The van der Waals surface area contributed by atoms with Gasteiger partial charge in [-0.05, 0) is 66.6 Å². The highest BCUT2D eigenvalue weighted by atomic mass is 19.1. The summed E-state index contributed by atoms with van der Waals surface area (Å²) in [7, 11) is 1.67. The molecule has 0 unspecified atom stereocenters. The highest BCUT2D eigenvalue weighted by molar-refractivity contribution is 5.50. The molecule has 4 atom stereocenters. The maximum Gasteiger partial charge on any atom is 0.125 e. The van der Waals surface area contributed by atoms with Crippen molar-refractivity contribution in [2.45, 2.75) is 25.0 Å². The lowest BCUT2D eigenvalue weighted by Crippen LogP contribution is -2.42. The fraction of sp³-hybridized carbons (Fsp3) is 0.417. The van der Waals surface area contributed by atoms with Gasteiger partial charge in [0.2, 0.25) is 0 Å². The highest BCUT2D eigenvalue weighted by Crippen LogP contribution is 2.38. The third-order valence-electron chi connectivity index (χ3n) is 6.05. The lowest BCUT2D eigenvalue weighted by molar-refractivity contribution is -0.0231. The summed E-state index contributed by atoms with van der Waals surface area (Å²) < 4.78 is 24.2. The summed E-state index contributed by atoms with van der Waals surface area (Å²) in [5.74, 6) is 2.23. The molecule has 5 heteroatoms. The van der Waals surface area contributed by atoms with Gasteiger partial charge in [0.15, 0.2) is 0 Å². The minimum atomic E-state index is -0.476. The van der Waals surface area contributed by atoms with Gasteiger partial charge in [0.1, 0.15) is 23.4 Å². The van der Waals surface area contributed by atoms with Crippen LogP contribution in [0.2, 0.25) is 0 Å². The van der Waals surface area contributed by atoms with E-state index in [9.17, 15) is 9.50 Å². The summed E-state index contributed by atoms with van der Waals surface area (Å²) in [4.78, 5) is 2.45. The number of nitrogens with zero attached hydrogens (tertiary/aromatic N) is 1. The van der Waals surface area contributed by atoms with Crippen LogP contribution >= 0.6 is 0 Å². The van der Waals surface area contributed by atoms with E-state index in [2.05, 4.69) is 17.1 Å². The molecule has 4 nitrogen and oxygen atoms in total. The van der Waals surface area contributed by atoms with Crippen molar-refractivity contribution >= 4 is 6.08 Å². The van der Waals surface area contributed by atoms with E-state index in [1.54, 1.807) is 19.2 Å². The van der Waals surface area contributed by atoms with Gasteiger partial charge in [-0.1, -0.05) is 24.3 Å². The molecule has 2 fully saturated rings. The average Bonchev–Trinajstić information content (AvgIpc) is 3.12. The molecule has 0 aromatic heterocycles. The van der Waals surface area contributed by atoms with Crippen LogP contribution in [0, 0.1) is 17.7 Å². The van der Waals surface area contributed by atoms with Gasteiger partial charge < -0.3 is 14.6 Å². The Balaban J connectivity index is 1.29. The average molecular weight is 397 g/mol. The summed E-state index contributed by atoms with van der Waals surface area (Å²) in [6.45, 7) is 2.93. The molecule has 2 aliphatic rings. The molecule has 2 aromatic rings. The Morgan fingerprint density at radius 2 is 1.66 bits per heavy atom. The second-order valence-corrected chi connectivity index (χ2v) is 8.06. The molecular formula is C24H28FNO3.